The first kappa shape index (κ1) is 23.6. The van der Waals surface area contributed by atoms with Crippen LogP contribution < -0.4 is 11.5 Å². The van der Waals surface area contributed by atoms with Crippen molar-refractivity contribution in [3.05, 3.63) is 71.8 Å². The van der Waals surface area contributed by atoms with Gasteiger partial charge in [-0.1, -0.05) is 60.7 Å². The molecule has 29 heavy (non-hydrogen) atoms. The number of nitrogens with two attached hydrogens (primary N) is 2. The van der Waals surface area contributed by atoms with Gasteiger partial charge in [0, 0.05) is 23.0 Å². The molecule has 0 fully saturated rings. The number of hydrogen-bond acceptors (Lipinski definition) is 8. The molecule has 0 heterocycles. The number of benzene rings is 2. The molecular formula is C20H24N2O4S3. The van der Waals surface area contributed by atoms with Crippen LogP contribution in [0.15, 0.2) is 60.7 Å². The second-order valence-corrected chi connectivity index (χ2v) is 10.2. The Labute approximate surface area is 179 Å². The van der Waals surface area contributed by atoms with E-state index in [1.54, 1.807) is 0 Å². The molecule has 2 atom stereocenters. The van der Waals surface area contributed by atoms with Crippen molar-refractivity contribution in [1.82, 2.24) is 0 Å². The summed E-state index contributed by atoms with van der Waals surface area (Å²) in [6.07, 6.45) is 0. The van der Waals surface area contributed by atoms with Crippen molar-refractivity contribution in [2.75, 3.05) is 11.5 Å². The van der Waals surface area contributed by atoms with Crippen molar-refractivity contribution in [2.24, 2.45) is 11.5 Å². The molecule has 0 saturated heterocycles. The Hall–Kier alpha value is -1.65. The molecule has 0 amide bonds. The maximum Gasteiger partial charge on any atom is 0.276 e. The lowest BCUT2D eigenvalue weighted by atomic mass is 10.2. The first-order chi connectivity index (χ1) is 13.8. The molecule has 0 saturated carbocycles. The van der Waals surface area contributed by atoms with Gasteiger partial charge in [0.25, 0.3) is 20.1 Å². The second kappa shape index (κ2) is 11.5. The quantitative estimate of drug-likeness (QED) is 0.561. The van der Waals surface area contributed by atoms with Crippen LogP contribution in [-0.4, -0.2) is 42.2 Å². The van der Waals surface area contributed by atoms with Gasteiger partial charge >= 0.3 is 0 Å². The van der Waals surface area contributed by atoms with Crippen LogP contribution in [0, 0.1) is 0 Å². The summed E-state index contributed by atoms with van der Waals surface area (Å²) in [4.78, 5) is 24.5. The standard InChI is InChI=1S/C20H24N2O4S3/c21-17(13-27-11-15-7-3-1-4-8-15)19(23)29(25,26)20(24)18(22)14-28-12-16-9-5-2-6-10-16/h1-10,17-18H,11-14,21-22H2/t17-,18-/m0/s1. The Balaban J connectivity index is 1.82. The van der Waals surface area contributed by atoms with Crippen LogP contribution in [-0.2, 0) is 30.9 Å². The average Bonchev–Trinajstić information content (AvgIpc) is 2.73. The second-order valence-electron chi connectivity index (χ2n) is 6.36. The van der Waals surface area contributed by atoms with Gasteiger partial charge in [0.05, 0.1) is 12.1 Å². The van der Waals surface area contributed by atoms with E-state index in [0.717, 1.165) is 11.1 Å². The van der Waals surface area contributed by atoms with Crippen LogP contribution in [0.4, 0.5) is 0 Å². The number of carbonyl (C=O) groups excluding carboxylic acids is 2. The maximum atomic E-state index is 12.3. The van der Waals surface area contributed by atoms with Crippen LogP contribution in [0.1, 0.15) is 11.1 Å². The van der Waals surface area contributed by atoms with E-state index in [1.165, 1.54) is 23.5 Å². The minimum atomic E-state index is -4.68. The van der Waals surface area contributed by atoms with E-state index in [0.29, 0.717) is 11.5 Å². The summed E-state index contributed by atoms with van der Waals surface area (Å²) in [5, 5.41) is -2.54. The first-order valence-electron chi connectivity index (χ1n) is 8.89. The molecule has 0 unspecified atom stereocenters. The molecule has 0 bridgehead atoms. The monoisotopic (exact) mass is 452 g/mol. The van der Waals surface area contributed by atoms with Crippen molar-refractivity contribution in [2.45, 2.75) is 23.6 Å². The fourth-order valence-corrected chi connectivity index (χ4v) is 5.67. The molecule has 9 heteroatoms. The molecule has 6 nitrogen and oxygen atoms in total. The lowest BCUT2D eigenvalue weighted by Gasteiger charge is -2.13. The summed E-state index contributed by atoms with van der Waals surface area (Å²) >= 11 is 2.67. The molecular weight excluding hydrogens is 428 g/mol. The molecule has 0 aliphatic heterocycles. The zero-order valence-corrected chi connectivity index (χ0v) is 18.2. The highest BCUT2D eigenvalue weighted by molar-refractivity contribution is 8.19. The minimum absolute atomic E-state index is 0.0955. The van der Waals surface area contributed by atoms with Gasteiger partial charge in [-0.15, -0.1) is 0 Å². The SMILES string of the molecule is N[C@@H](CSCc1ccccc1)C(=O)S(=O)(=O)C(=O)[C@@H](N)CSCc1ccccc1. The molecule has 4 N–H and O–H groups in total. The van der Waals surface area contributed by atoms with Gasteiger partial charge < -0.3 is 11.5 Å². The molecule has 0 spiro atoms. The van der Waals surface area contributed by atoms with Crippen LogP contribution in [0.25, 0.3) is 0 Å². The van der Waals surface area contributed by atoms with E-state index in [-0.39, 0.29) is 11.5 Å². The maximum absolute atomic E-state index is 12.3. The number of hydrogen-bond donors (Lipinski definition) is 2. The fourth-order valence-electron chi connectivity index (χ4n) is 2.39. The van der Waals surface area contributed by atoms with Gasteiger partial charge in [-0.3, -0.25) is 9.59 Å². The third kappa shape index (κ3) is 7.27. The van der Waals surface area contributed by atoms with E-state index in [2.05, 4.69) is 0 Å². The summed E-state index contributed by atoms with van der Waals surface area (Å²) in [6.45, 7) is 0. The Morgan fingerprint density at radius 2 is 1.07 bits per heavy atom. The summed E-state index contributed by atoms with van der Waals surface area (Å²) < 4.78 is 24.6. The molecule has 2 aromatic rings. The van der Waals surface area contributed by atoms with Gasteiger partial charge in [0.2, 0.25) is 0 Å². The summed E-state index contributed by atoms with van der Waals surface area (Å²) in [6, 6.07) is 16.5. The summed E-state index contributed by atoms with van der Waals surface area (Å²) in [5.74, 6) is 1.37. The normalized spacial score (nSPS) is 13.6. The predicted molar refractivity (Wildman–Crippen MR) is 120 cm³/mol. The Kier molecular flexibility index (Phi) is 9.38. The van der Waals surface area contributed by atoms with Gasteiger partial charge in [0.15, 0.2) is 0 Å². The van der Waals surface area contributed by atoms with Crippen LogP contribution in [0.3, 0.4) is 0 Å². The van der Waals surface area contributed by atoms with Crippen LogP contribution >= 0.6 is 23.5 Å². The first-order valence-corrected chi connectivity index (χ1v) is 12.7. The smallest absolute Gasteiger partial charge is 0.276 e. The van der Waals surface area contributed by atoms with E-state index in [9.17, 15) is 18.0 Å². The van der Waals surface area contributed by atoms with Crippen molar-refractivity contribution in [3.8, 4) is 0 Å². The summed E-state index contributed by atoms with van der Waals surface area (Å²) in [5.41, 5.74) is 13.5. The molecule has 2 aromatic carbocycles. The van der Waals surface area contributed by atoms with E-state index < -0.39 is 32.2 Å². The van der Waals surface area contributed by atoms with Gasteiger partial charge in [0.1, 0.15) is 0 Å². The number of sulfone groups is 1. The number of carbonyl (C=O) groups is 2. The molecule has 2 rings (SSSR count). The highest BCUT2D eigenvalue weighted by Crippen LogP contribution is 2.16. The lowest BCUT2D eigenvalue weighted by Crippen LogP contribution is -2.46. The molecule has 156 valence electrons. The van der Waals surface area contributed by atoms with E-state index >= 15 is 0 Å². The zero-order chi connectivity index (χ0) is 21.3. The van der Waals surface area contributed by atoms with E-state index in [4.69, 9.17) is 11.5 Å². The van der Waals surface area contributed by atoms with Crippen molar-refractivity contribution < 1.29 is 18.0 Å². The highest BCUT2D eigenvalue weighted by Gasteiger charge is 2.38. The van der Waals surface area contributed by atoms with Crippen LogP contribution in [0.2, 0.25) is 0 Å². The topological polar surface area (TPSA) is 120 Å². The largest absolute Gasteiger partial charge is 0.320 e. The fraction of sp³-hybridized carbons (Fsp3) is 0.300. The average molecular weight is 453 g/mol. The van der Waals surface area contributed by atoms with Crippen molar-refractivity contribution >= 4 is 43.6 Å². The summed E-state index contributed by atoms with van der Waals surface area (Å²) in [7, 11) is -4.68. The zero-order valence-electron chi connectivity index (χ0n) is 15.8. The predicted octanol–water partition coefficient (Wildman–Crippen LogP) is 1.98. The van der Waals surface area contributed by atoms with Crippen molar-refractivity contribution in [1.29, 1.82) is 0 Å². The van der Waals surface area contributed by atoms with Gasteiger partial charge in [-0.05, 0) is 11.1 Å². The lowest BCUT2D eigenvalue weighted by molar-refractivity contribution is -0.115. The van der Waals surface area contributed by atoms with Crippen molar-refractivity contribution in [3.63, 3.8) is 0 Å². The van der Waals surface area contributed by atoms with Gasteiger partial charge in [-0.2, -0.15) is 23.5 Å². The minimum Gasteiger partial charge on any atom is -0.320 e. The highest BCUT2D eigenvalue weighted by atomic mass is 32.2. The third-order valence-corrected chi connectivity index (χ3v) is 7.88. The third-order valence-electron chi connectivity index (χ3n) is 3.95. The Morgan fingerprint density at radius 1 is 0.724 bits per heavy atom. The van der Waals surface area contributed by atoms with Crippen LogP contribution in [0.5, 0.6) is 0 Å². The van der Waals surface area contributed by atoms with E-state index in [1.807, 2.05) is 60.7 Å². The van der Waals surface area contributed by atoms with Gasteiger partial charge in [-0.25, -0.2) is 8.42 Å². The Morgan fingerprint density at radius 3 is 1.41 bits per heavy atom. The number of rotatable bonds is 10. The Bertz CT molecular complexity index is 836. The number of thioether (sulfide) groups is 2. The molecule has 0 aromatic heterocycles. The molecule has 0 radical (unpaired) electrons. The molecule has 0 aliphatic carbocycles. The molecule has 0 aliphatic rings.